The topological polar surface area (TPSA) is 63.9 Å². The highest BCUT2D eigenvalue weighted by Crippen LogP contribution is 2.22. The number of hydrogen-bond donors (Lipinski definition) is 1. The third-order valence-corrected chi connectivity index (χ3v) is 3.36. The molecule has 1 N–H and O–H groups in total. The Hall–Kier alpha value is -2.18. The van der Waals surface area contributed by atoms with Crippen LogP contribution < -0.4 is 10.2 Å². The fraction of sp³-hybridized carbons (Fsp3) is 0.294. The molecule has 0 aliphatic carbocycles. The van der Waals surface area contributed by atoms with Crippen LogP contribution in [0.5, 0.6) is 11.6 Å². The van der Waals surface area contributed by atoms with Gasteiger partial charge in [0.15, 0.2) is 0 Å². The lowest BCUT2D eigenvalue weighted by atomic mass is 9.80. The van der Waals surface area contributed by atoms with Crippen molar-refractivity contribution in [3.8, 4) is 11.6 Å². The van der Waals surface area contributed by atoms with E-state index in [-0.39, 0.29) is 5.54 Å². The molecule has 6 heteroatoms. The van der Waals surface area contributed by atoms with Crippen LogP contribution >= 0.6 is 0 Å². The molecule has 1 aliphatic heterocycles. The molecule has 1 aromatic carbocycles. The Balaban J connectivity index is 1.70. The summed E-state index contributed by atoms with van der Waals surface area (Å²) < 4.78 is 10.9. The van der Waals surface area contributed by atoms with E-state index >= 15 is 0 Å². The van der Waals surface area contributed by atoms with Crippen molar-refractivity contribution in [3.63, 3.8) is 0 Å². The van der Waals surface area contributed by atoms with Gasteiger partial charge in [0.05, 0.1) is 12.1 Å². The van der Waals surface area contributed by atoms with Crippen molar-refractivity contribution < 1.29 is 14.4 Å². The van der Waals surface area contributed by atoms with E-state index < -0.39 is 7.12 Å². The van der Waals surface area contributed by atoms with E-state index in [0.29, 0.717) is 18.2 Å². The molecular formula is C17H19BN2O3. The van der Waals surface area contributed by atoms with Gasteiger partial charge in [-0.25, -0.2) is 4.98 Å². The van der Waals surface area contributed by atoms with Crippen molar-refractivity contribution in [2.75, 3.05) is 0 Å². The van der Waals surface area contributed by atoms with Crippen LogP contribution in [0.25, 0.3) is 0 Å². The minimum absolute atomic E-state index is 0.105. The summed E-state index contributed by atoms with van der Waals surface area (Å²) in [5.41, 5.74) is 2.55. The second-order valence-electron chi connectivity index (χ2n) is 6.48. The predicted octanol–water partition coefficient (Wildman–Crippen LogP) is 2.31. The van der Waals surface area contributed by atoms with Gasteiger partial charge in [-0.15, -0.1) is 0 Å². The van der Waals surface area contributed by atoms with Gasteiger partial charge in [0.1, 0.15) is 5.75 Å². The summed E-state index contributed by atoms with van der Waals surface area (Å²) in [5, 5.41) is 9.61. The first-order chi connectivity index (χ1) is 10.9. The number of pyridine rings is 1. The third kappa shape index (κ3) is 3.97. The van der Waals surface area contributed by atoms with Crippen molar-refractivity contribution in [2.24, 2.45) is 4.99 Å². The largest absolute Gasteiger partial charge is 0.491 e. The van der Waals surface area contributed by atoms with Crippen molar-refractivity contribution in [1.82, 2.24) is 4.98 Å². The summed E-state index contributed by atoms with van der Waals surface area (Å²) >= 11 is 0. The highest BCUT2D eigenvalue weighted by atomic mass is 16.5. The maximum atomic E-state index is 9.61. The molecule has 0 fully saturated rings. The third-order valence-electron chi connectivity index (χ3n) is 3.36. The first-order valence-electron chi connectivity index (χ1n) is 7.52. The zero-order chi connectivity index (χ0) is 16.4. The smallest absolute Gasteiger partial charge is 0.439 e. The molecule has 2 aromatic rings. The first-order valence-corrected chi connectivity index (χ1v) is 7.52. The molecule has 23 heavy (non-hydrogen) atoms. The number of ether oxygens (including phenoxy) is 1. The summed E-state index contributed by atoms with van der Waals surface area (Å²) in [7, 11) is -0.835. The van der Waals surface area contributed by atoms with Crippen LogP contribution in [-0.4, -0.2) is 28.9 Å². The lowest BCUT2D eigenvalue weighted by molar-refractivity contribution is 0.275. The quantitative estimate of drug-likeness (QED) is 0.698. The van der Waals surface area contributed by atoms with Crippen LogP contribution in [0.2, 0.25) is 0 Å². The molecule has 0 amide bonds. The molecule has 2 heterocycles. The number of nitrogens with zero attached hydrogens (tertiary/aromatic N) is 2. The van der Waals surface area contributed by atoms with E-state index in [1.54, 1.807) is 12.3 Å². The summed E-state index contributed by atoms with van der Waals surface area (Å²) in [6.07, 6.45) is 3.54. The van der Waals surface area contributed by atoms with E-state index in [1.807, 2.05) is 51.3 Å². The average molecular weight is 310 g/mol. The van der Waals surface area contributed by atoms with Gasteiger partial charge in [0, 0.05) is 24.0 Å². The second kappa shape index (κ2) is 6.14. The molecule has 0 atom stereocenters. The number of benzene rings is 1. The Morgan fingerprint density at radius 1 is 1.30 bits per heavy atom. The summed E-state index contributed by atoms with van der Waals surface area (Å²) in [5.74, 6) is 1.18. The van der Waals surface area contributed by atoms with Crippen LogP contribution in [0.15, 0.2) is 41.5 Å². The standard InChI is InChI=1S/C17H19BN2O3/c1-17(2,3)20-10-12-4-7-16(19-9-12)23-14-5-6-15-13(8-14)11-22-18(15)21/h4-10,21H,11H2,1-3H3. The minimum Gasteiger partial charge on any atom is -0.439 e. The van der Waals surface area contributed by atoms with Crippen molar-refractivity contribution in [3.05, 3.63) is 47.7 Å². The fourth-order valence-electron chi connectivity index (χ4n) is 2.19. The van der Waals surface area contributed by atoms with Crippen LogP contribution in [-0.2, 0) is 11.3 Å². The highest BCUT2D eigenvalue weighted by molar-refractivity contribution is 6.61. The number of rotatable bonds is 3. The summed E-state index contributed by atoms with van der Waals surface area (Å²) in [6, 6.07) is 9.20. The zero-order valence-corrected chi connectivity index (χ0v) is 13.5. The van der Waals surface area contributed by atoms with Gasteiger partial charge in [0.2, 0.25) is 5.88 Å². The van der Waals surface area contributed by atoms with Gasteiger partial charge in [-0.1, -0.05) is 6.07 Å². The lowest BCUT2D eigenvalue weighted by Crippen LogP contribution is -2.27. The molecule has 5 nitrogen and oxygen atoms in total. The van der Waals surface area contributed by atoms with Gasteiger partial charge in [-0.2, -0.15) is 0 Å². The van der Waals surface area contributed by atoms with Gasteiger partial charge >= 0.3 is 7.12 Å². The monoisotopic (exact) mass is 310 g/mol. The van der Waals surface area contributed by atoms with Gasteiger partial charge in [-0.3, -0.25) is 4.99 Å². The number of aliphatic imine (C=N–C) groups is 1. The first kappa shape index (κ1) is 15.7. The number of fused-ring (bicyclic) bond motifs is 1. The van der Waals surface area contributed by atoms with E-state index in [9.17, 15) is 5.02 Å². The summed E-state index contributed by atoms with van der Waals surface area (Å²) in [6.45, 7) is 6.53. The van der Waals surface area contributed by atoms with Crippen molar-refractivity contribution in [1.29, 1.82) is 0 Å². The van der Waals surface area contributed by atoms with Gasteiger partial charge < -0.3 is 14.4 Å². The normalized spacial score (nSPS) is 14.3. The molecule has 118 valence electrons. The molecule has 0 spiro atoms. The maximum Gasteiger partial charge on any atom is 0.491 e. The molecule has 0 radical (unpaired) electrons. The molecule has 0 saturated heterocycles. The number of aromatic nitrogens is 1. The van der Waals surface area contributed by atoms with Crippen LogP contribution in [0.3, 0.4) is 0 Å². The Kier molecular flexibility index (Phi) is 4.19. The SMILES string of the molecule is CC(C)(C)N=Cc1ccc(Oc2ccc3c(c2)COB3O)nc1. The molecule has 3 rings (SSSR count). The molecule has 0 unspecified atom stereocenters. The Morgan fingerprint density at radius 2 is 2.13 bits per heavy atom. The molecule has 1 aliphatic rings. The van der Waals surface area contributed by atoms with Crippen LogP contribution in [0.1, 0.15) is 31.9 Å². The Morgan fingerprint density at radius 3 is 2.83 bits per heavy atom. The van der Waals surface area contributed by atoms with Gasteiger partial charge in [0.25, 0.3) is 0 Å². The molecule has 0 saturated carbocycles. The minimum atomic E-state index is -0.835. The molecule has 1 aromatic heterocycles. The van der Waals surface area contributed by atoms with E-state index in [4.69, 9.17) is 9.39 Å². The molecule has 0 bridgehead atoms. The van der Waals surface area contributed by atoms with Gasteiger partial charge in [-0.05, 0) is 50.0 Å². The average Bonchev–Trinajstić information content (AvgIpc) is 2.87. The Labute approximate surface area is 136 Å². The Bertz CT molecular complexity index is 724. The maximum absolute atomic E-state index is 9.61. The predicted molar refractivity (Wildman–Crippen MR) is 90.5 cm³/mol. The zero-order valence-electron chi connectivity index (χ0n) is 13.5. The van der Waals surface area contributed by atoms with Crippen molar-refractivity contribution in [2.45, 2.75) is 32.9 Å². The van der Waals surface area contributed by atoms with Crippen molar-refractivity contribution >= 4 is 18.8 Å². The fourth-order valence-corrected chi connectivity index (χ4v) is 2.19. The number of hydrogen-bond acceptors (Lipinski definition) is 5. The molecular weight excluding hydrogens is 291 g/mol. The lowest BCUT2D eigenvalue weighted by Gasteiger charge is -2.10. The van der Waals surface area contributed by atoms with Crippen LogP contribution in [0.4, 0.5) is 0 Å². The van der Waals surface area contributed by atoms with E-state index in [1.165, 1.54) is 0 Å². The van der Waals surface area contributed by atoms with E-state index in [0.717, 1.165) is 16.6 Å². The van der Waals surface area contributed by atoms with E-state index in [2.05, 4.69) is 9.98 Å². The second-order valence-corrected chi connectivity index (χ2v) is 6.48. The van der Waals surface area contributed by atoms with Crippen LogP contribution in [0, 0.1) is 0 Å². The highest BCUT2D eigenvalue weighted by Gasteiger charge is 2.27. The summed E-state index contributed by atoms with van der Waals surface area (Å²) in [4.78, 5) is 8.73.